The highest BCUT2D eigenvalue weighted by atomic mass is 16.2. The van der Waals surface area contributed by atoms with Gasteiger partial charge < -0.3 is 10.6 Å². The molecule has 8 heteroatoms. The molecule has 0 aliphatic heterocycles. The smallest absolute Gasteiger partial charge is 0.276 e. The van der Waals surface area contributed by atoms with Crippen LogP contribution in [0, 0.1) is 0 Å². The molecule has 1 aromatic carbocycles. The molecular weight excluding hydrogens is 356 g/mol. The molecular formula is C20H16N6O2. The van der Waals surface area contributed by atoms with Crippen LogP contribution in [0.25, 0.3) is 22.0 Å². The number of aromatic nitrogens is 4. The van der Waals surface area contributed by atoms with Gasteiger partial charge in [0, 0.05) is 30.3 Å². The maximum atomic E-state index is 12.7. The first-order chi connectivity index (χ1) is 13.6. The number of pyridine rings is 2. The predicted molar refractivity (Wildman–Crippen MR) is 106 cm³/mol. The molecule has 4 rings (SSSR count). The van der Waals surface area contributed by atoms with E-state index in [1.165, 1.54) is 13.1 Å². The third kappa shape index (κ3) is 3.56. The van der Waals surface area contributed by atoms with Gasteiger partial charge in [-0.05, 0) is 35.9 Å². The fraction of sp³-hybridized carbons (Fsp3) is 0.0500. The molecule has 0 saturated carbocycles. The van der Waals surface area contributed by atoms with E-state index in [1.54, 1.807) is 24.5 Å². The van der Waals surface area contributed by atoms with Gasteiger partial charge >= 0.3 is 0 Å². The molecule has 0 atom stereocenters. The number of H-pyrrole nitrogens is 1. The number of aromatic amines is 1. The van der Waals surface area contributed by atoms with Crippen LogP contribution in [0.5, 0.6) is 0 Å². The summed E-state index contributed by atoms with van der Waals surface area (Å²) in [6.45, 7) is 1.40. The highest BCUT2D eigenvalue weighted by molar-refractivity contribution is 6.11. The number of anilines is 2. The zero-order valence-electron chi connectivity index (χ0n) is 14.9. The molecule has 0 spiro atoms. The topological polar surface area (TPSA) is 113 Å². The zero-order chi connectivity index (χ0) is 19.5. The number of rotatable bonds is 4. The molecule has 28 heavy (non-hydrogen) atoms. The number of hydrogen-bond donors (Lipinski definition) is 3. The van der Waals surface area contributed by atoms with Crippen LogP contribution in [0.15, 0.2) is 61.1 Å². The summed E-state index contributed by atoms with van der Waals surface area (Å²) in [5.74, 6) is -0.155. The second-order valence-electron chi connectivity index (χ2n) is 6.14. The Morgan fingerprint density at radius 1 is 1.00 bits per heavy atom. The first-order valence-corrected chi connectivity index (χ1v) is 8.54. The largest absolute Gasteiger partial charge is 0.319 e. The SMILES string of the molecule is CC(=O)Nc1ccc(NC(=O)c2n[nH]c3ccc(-c4cccnc4)cc23)cn1. The molecule has 2 amide bonds. The third-order valence-corrected chi connectivity index (χ3v) is 4.10. The van der Waals surface area contributed by atoms with Gasteiger partial charge in [0.15, 0.2) is 5.69 Å². The molecule has 3 heterocycles. The second kappa shape index (κ2) is 7.28. The molecule has 0 aliphatic rings. The monoisotopic (exact) mass is 372 g/mol. The maximum Gasteiger partial charge on any atom is 0.276 e. The van der Waals surface area contributed by atoms with E-state index in [1.807, 2.05) is 30.3 Å². The summed E-state index contributed by atoms with van der Waals surface area (Å²) < 4.78 is 0. The van der Waals surface area contributed by atoms with Crippen molar-refractivity contribution in [3.63, 3.8) is 0 Å². The van der Waals surface area contributed by atoms with Crippen LogP contribution in [-0.4, -0.2) is 32.0 Å². The van der Waals surface area contributed by atoms with Crippen LogP contribution in [-0.2, 0) is 4.79 Å². The summed E-state index contributed by atoms with van der Waals surface area (Å²) in [4.78, 5) is 32.0. The Kier molecular flexibility index (Phi) is 4.51. The quantitative estimate of drug-likeness (QED) is 0.509. The Morgan fingerprint density at radius 3 is 2.61 bits per heavy atom. The molecule has 0 aliphatic carbocycles. The number of benzene rings is 1. The molecule has 3 N–H and O–H groups in total. The highest BCUT2D eigenvalue weighted by Crippen LogP contribution is 2.25. The molecule has 4 aromatic rings. The number of carbonyl (C=O) groups excluding carboxylic acids is 2. The van der Waals surface area contributed by atoms with Crippen LogP contribution in [0.3, 0.4) is 0 Å². The van der Waals surface area contributed by atoms with Crippen molar-refractivity contribution < 1.29 is 9.59 Å². The summed E-state index contributed by atoms with van der Waals surface area (Å²) >= 11 is 0. The van der Waals surface area contributed by atoms with Crippen molar-refractivity contribution >= 4 is 34.2 Å². The summed E-state index contributed by atoms with van der Waals surface area (Å²) in [5.41, 5.74) is 3.44. The Labute approximate surface area is 160 Å². The number of hydrogen-bond acceptors (Lipinski definition) is 5. The molecule has 0 fully saturated rings. The van der Waals surface area contributed by atoms with Crippen molar-refractivity contribution in [3.05, 3.63) is 66.7 Å². The molecule has 8 nitrogen and oxygen atoms in total. The molecule has 0 bridgehead atoms. The van der Waals surface area contributed by atoms with E-state index in [2.05, 4.69) is 30.8 Å². The fourth-order valence-electron chi connectivity index (χ4n) is 2.81. The first kappa shape index (κ1) is 17.3. The standard InChI is InChI=1S/C20H16N6O2/c1-12(27)23-18-7-5-15(11-22-18)24-20(28)19-16-9-13(4-6-17(16)25-26-19)14-3-2-8-21-10-14/h2-11H,1H3,(H,24,28)(H,25,26)(H,22,23,27). The Bertz CT molecular complexity index is 1150. The average molecular weight is 372 g/mol. The lowest BCUT2D eigenvalue weighted by Crippen LogP contribution is -2.13. The van der Waals surface area contributed by atoms with Crippen LogP contribution in [0.4, 0.5) is 11.5 Å². The Balaban J connectivity index is 1.59. The van der Waals surface area contributed by atoms with Gasteiger partial charge in [0.1, 0.15) is 5.82 Å². The molecule has 0 unspecified atom stereocenters. The minimum atomic E-state index is -0.358. The van der Waals surface area contributed by atoms with Crippen LogP contribution in [0.2, 0.25) is 0 Å². The number of amides is 2. The van der Waals surface area contributed by atoms with E-state index in [0.29, 0.717) is 16.9 Å². The summed E-state index contributed by atoms with van der Waals surface area (Å²) in [6.07, 6.45) is 4.95. The van der Waals surface area contributed by atoms with Crippen LogP contribution in [0.1, 0.15) is 17.4 Å². The lowest BCUT2D eigenvalue weighted by molar-refractivity contribution is -0.114. The summed E-state index contributed by atoms with van der Waals surface area (Å²) in [6, 6.07) is 12.8. The summed E-state index contributed by atoms with van der Waals surface area (Å²) in [7, 11) is 0. The minimum Gasteiger partial charge on any atom is -0.319 e. The number of fused-ring (bicyclic) bond motifs is 1. The van der Waals surface area contributed by atoms with Crippen LogP contribution >= 0.6 is 0 Å². The normalized spacial score (nSPS) is 10.6. The van der Waals surface area contributed by atoms with Gasteiger partial charge in [0.25, 0.3) is 5.91 Å². The summed E-state index contributed by atoms with van der Waals surface area (Å²) in [5, 5.41) is 13.1. The van der Waals surface area contributed by atoms with Gasteiger partial charge in [-0.15, -0.1) is 0 Å². The lowest BCUT2D eigenvalue weighted by atomic mass is 10.0. The number of nitrogens with one attached hydrogen (secondary N) is 3. The minimum absolute atomic E-state index is 0.211. The third-order valence-electron chi connectivity index (χ3n) is 4.10. The fourth-order valence-corrected chi connectivity index (χ4v) is 2.81. The Hall–Kier alpha value is -4.07. The molecule has 138 valence electrons. The van der Waals surface area contributed by atoms with Gasteiger partial charge in [-0.25, -0.2) is 4.98 Å². The van der Waals surface area contributed by atoms with Gasteiger partial charge in [-0.3, -0.25) is 19.7 Å². The Morgan fingerprint density at radius 2 is 1.89 bits per heavy atom. The van der Waals surface area contributed by atoms with Gasteiger partial charge in [0.2, 0.25) is 5.91 Å². The molecule has 3 aromatic heterocycles. The van der Waals surface area contributed by atoms with Crippen molar-refractivity contribution in [2.45, 2.75) is 6.92 Å². The van der Waals surface area contributed by atoms with Crippen molar-refractivity contribution in [1.82, 2.24) is 20.2 Å². The number of carbonyl (C=O) groups is 2. The van der Waals surface area contributed by atoms with E-state index < -0.39 is 0 Å². The van der Waals surface area contributed by atoms with Gasteiger partial charge in [-0.1, -0.05) is 12.1 Å². The molecule has 0 radical (unpaired) electrons. The maximum absolute atomic E-state index is 12.7. The second-order valence-corrected chi connectivity index (χ2v) is 6.14. The van der Waals surface area contributed by atoms with E-state index in [9.17, 15) is 9.59 Å². The van der Waals surface area contributed by atoms with E-state index in [0.717, 1.165) is 16.6 Å². The van der Waals surface area contributed by atoms with E-state index in [4.69, 9.17) is 0 Å². The van der Waals surface area contributed by atoms with Gasteiger partial charge in [0.05, 0.1) is 17.4 Å². The van der Waals surface area contributed by atoms with Crippen molar-refractivity contribution in [2.75, 3.05) is 10.6 Å². The van der Waals surface area contributed by atoms with Crippen molar-refractivity contribution in [2.24, 2.45) is 0 Å². The average Bonchev–Trinajstić information content (AvgIpc) is 3.13. The lowest BCUT2D eigenvalue weighted by Gasteiger charge is -2.06. The van der Waals surface area contributed by atoms with E-state index >= 15 is 0 Å². The molecule has 0 saturated heterocycles. The number of nitrogens with zero attached hydrogens (tertiary/aromatic N) is 3. The van der Waals surface area contributed by atoms with Gasteiger partial charge in [-0.2, -0.15) is 5.10 Å². The van der Waals surface area contributed by atoms with E-state index in [-0.39, 0.29) is 17.5 Å². The van der Waals surface area contributed by atoms with Crippen molar-refractivity contribution in [3.8, 4) is 11.1 Å². The first-order valence-electron chi connectivity index (χ1n) is 8.54. The predicted octanol–water partition coefficient (Wildman–Crippen LogP) is 3.23. The van der Waals surface area contributed by atoms with Crippen LogP contribution < -0.4 is 10.6 Å². The zero-order valence-corrected chi connectivity index (χ0v) is 14.9. The van der Waals surface area contributed by atoms with Crippen molar-refractivity contribution in [1.29, 1.82) is 0 Å². The highest BCUT2D eigenvalue weighted by Gasteiger charge is 2.15.